The van der Waals surface area contributed by atoms with Crippen molar-refractivity contribution in [1.82, 2.24) is 71.5 Å². The van der Waals surface area contributed by atoms with E-state index in [4.69, 9.17) is 28.4 Å². The number of hydrogen-bond acceptors (Lipinski definition) is 16. The van der Waals surface area contributed by atoms with E-state index in [9.17, 15) is 0 Å². The molecule has 350 valence electrons. The summed E-state index contributed by atoms with van der Waals surface area (Å²) in [5.41, 5.74) is 4.27. The average Bonchev–Trinajstić information content (AvgIpc) is 4.12. The van der Waals surface area contributed by atoms with Crippen LogP contribution >= 0.6 is 0 Å². The van der Waals surface area contributed by atoms with Gasteiger partial charge in [-0.1, -0.05) is 16.5 Å². The largest absolute Gasteiger partial charge is 0.378 e. The highest BCUT2D eigenvalue weighted by Crippen LogP contribution is 2.02. The van der Waals surface area contributed by atoms with Crippen molar-refractivity contribution >= 4 is 0 Å². The summed E-state index contributed by atoms with van der Waals surface area (Å²) >= 11 is 0. The zero-order chi connectivity index (χ0) is 46.5. The Kier molecular flexibility index (Phi) is 31.8. The molecule has 0 aliphatic carbocycles. The molecule has 0 aliphatic rings. The van der Waals surface area contributed by atoms with Gasteiger partial charge in [-0.25, -0.2) is 4.98 Å². The quantitative estimate of drug-likeness (QED) is 0.0710. The fourth-order valence-corrected chi connectivity index (χ4v) is 3.84. The van der Waals surface area contributed by atoms with Crippen LogP contribution in [0.25, 0.3) is 0 Å². The van der Waals surface area contributed by atoms with Gasteiger partial charge in [-0.2, -0.15) is 20.6 Å². The molecule has 0 aromatic carbocycles. The molecule has 4 N–H and O–H groups in total. The first-order chi connectivity index (χ1) is 30.2. The smallest absolute Gasteiger partial charge is 0.290 e. The lowest BCUT2D eigenvalue weighted by atomic mass is 10.2. The van der Waals surface area contributed by atoms with Crippen LogP contribution in [0.15, 0.2) is 74.1 Å². The lowest BCUT2D eigenvalue weighted by molar-refractivity contribution is -0.787. The van der Waals surface area contributed by atoms with Gasteiger partial charge in [0.25, 0.3) is 6.33 Å². The number of nitrogens with one attached hydrogen (secondary N) is 4. The summed E-state index contributed by atoms with van der Waals surface area (Å²) in [5.74, 6) is 0.591. The molecule has 21 nitrogen and oxygen atoms in total. The second-order valence-corrected chi connectivity index (χ2v) is 14.9. The van der Waals surface area contributed by atoms with Gasteiger partial charge in [0.05, 0.1) is 87.5 Å². The summed E-state index contributed by atoms with van der Waals surface area (Å²) in [6.07, 6.45) is 16.4. The van der Waals surface area contributed by atoms with Crippen molar-refractivity contribution in [2.45, 2.75) is 159 Å². The topological polar surface area (TPSA) is 251 Å². The molecule has 63 heavy (non-hydrogen) atoms. The number of H-pyrrole nitrogens is 4. The first-order valence-electron chi connectivity index (χ1n) is 21.0. The normalized spacial score (nSPS) is 10.6. The average molecular weight is 883 g/mol. The first kappa shape index (κ1) is 55.6. The van der Waals surface area contributed by atoms with Crippen molar-refractivity contribution in [3.05, 3.63) is 102 Å². The molecule has 0 unspecified atom stereocenters. The highest BCUT2D eigenvalue weighted by Gasteiger charge is 2.01. The number of ether oxygens (including phenoxy) is 6. The van der Waals surface area contributed by atoms with Gasteiger partial charge in [-0.15, -0.1) is 14.9 Å². The Morgan fingerprint density at radius 3 is 1.75 bits per heavy atom. The minimum atomic E-state index is 0.207. The third-order valence-corrected chi connectivity index (χ3v) is 6.96. The minimum Gasteiger partial charge on any atom is -0.378 e. The van der Waals surface area contributed by atoms with E-state index in [1.165, 1.54) is 11.1 Å². The van der Waals surface area contributed by atoms with Gasteiger partial charge in [-0.05, 0) is 119 Å². The Morgan fingerprint density at radius 1 is 0.571 bits per heavy atom. The Bertz CT molecular complexity index is 1610. The van der Waals surface area contributed by atoms with Crippen molar-refractivity contribution in [3.8, 4) is 0 Å². The van der Waals surface area contributed by atoms with E-state index in [-0.39, 0.29) is 24.4 Å². The lowest BCUT2D eigenvalue weighted by Gasteiger charge is -2.06. The van der Waals surface area contributed by atoms with Crippen LogP contribution < -0.4 is 4.68 Å². The minimum absolute atomic E-state index is 0.207. The maximum Gasteiger partial charge on any atom is 0.290 e. The predicted octanol–water partition coefficient (Wildman–Crippen LogP) is 5.72. The molecular weight excluding hydrogens is 811 g/mol. The number of pyridine rings is 2. The van der Waals surface area contributed by atoms with E-state index in [0.29, 0.717) is 51.2 Å². The van der Waals surface area contributed by atoms with Gasteiger partial charge in [0, 0.05) is 24.8 Å². The van der Waals surface area contributed by atoms with Crippen LogP contribution in [0.3, 0.4) is 0 Å². The highest BCUT2D eigenvalue weighted by atomic mass is 16.5. The highest BCUT2D eigenvalue weighted by molar-refractivity contribution is 5.08. The van der Waals surface area contributed by atoms with Crippen LogP contribution in [0.2, 0.25) is 0 Å². The van der Waals surface area contributed by atoms with E-state index < -0.39 is 0 Å². The number of nitrogens with zero attached hydrogens (tertiary/aromatic N) is 11. The van der Waals surface area contributed by atoms with Gasteiger partial charge in [-0.3, -0.25) is 9.97 Å². The first-order valence-corrected chi connectivity index (χ1v) is 21.0. The maximum absolute atomic E-state index is 5.42. The number of aromatic amines is 4. The number of hydrogen-bond donors (Lipinski definition) is 4. The summed E-state index contributed by atoms with van der Waals surface area (Å²) in [5, 5.41) is 32.9. The monoisotopic (exact) mass is 883 g/mol. The number of aromatic nitrogens is 15. The van der Waals surface area contributed by atoms with Crippen LogP contribution in [0.5, 0.6) is 0 Å². The van der Waals surface area contributed by atoms with Gasteiger partial charge in [0.2, 0.25) is 0 Å². The molecule has 21 heteroatoms. The lowest BCUT2D eigenvalue weighted by Crippen LogP contribution is -2.37. The molecule has 6 aromatic rings. The summed E-state index contributed by atoms with van der Waals surface area (Å²) in [4.78, 5) is 14.8. The molecule has 0 fully saturated rings. The molecule has 0 spiro atoms. The number of rotatable bonds is 19. The van der Waals surface area contributed by atoms with Gasteiger partial charge < -0.3 is 33.4 Å². The molecule has 0 radical (unpaired) electrons. The number of tetrazole rings is 2. The van der Waals surface area contributed by atoms with Crippen molar-refractivity contribution < 1.29 is 33.1 Å². The van der Waals surface area contributed by atoms with E-state index in [1.54, 1.807) is 48.3 Å². The Hall–Kier alpha value is -5.45. The standard InChI is InChI=1S/C10H15NO.C9H13NO.C7H12N2O.C6H11N3O.2C5H10N4O/c1-9(2)12-7-5-10-4-3-6-11-8-10;1-8(2)11-7-9-3-5-10-6-4-9;1-6(2)10-4-7-3-8-5-9-7;1-5(2)10-4-6-3-7-9-8-6;1-5(2)10-4-9-3-6-7-8-9;1-4(2)10-3-5-6-8-9-7-5/h3-4,6,8-9H,5,7H2,1-2H3;3-6,8H,7H2,1-2H3;3,5-6H,4H2,1-2H3,(H,8,9);3,5H,4H2,1-2H3,(H,7,8,9);3,5H,4H2,1-2H3;4H,3H2,1-2H3,(H,6,7,8,9)/p+1. The molecular formula is C42H72N15O6+. The Labute approximate surface area is 372 Å². The van der Waals surface area contributed by atoms with Crippen molar-refractivity contribution in [2.24, 2.45) is 0 Å². The third kappa shape index (κ3) is 34.8. The van der Waals surface area contributed by atoms with E-state index in [2.05, 4.69) is 77.6 Å². The summed E-state index contributed by atoms with van der Waals surface area (Å²) in [6, 6.07) is 7.94. The van der Waals surface area contributed by atoms with Crippen LogP contribution in [0, 0.1) is 0 Å². The van der Waals surface area contributed by atoms with Crippen LogP contribution in [0.4, 0.5) is 0 Å². The second kappa shape index (κ2) is 36.1. The summed E-state index contributed by atoms with van der Waals surface area (Å²) in [7, 11) is 0. The molecule has 0 bridgehead atoms. The van der Waals surface area contributed by atoms with Crippen LogP contribution in [-0.2, 0) is 68.0 Å². The summed E-state index contributed by atoms with van der Waals surface area (Å²) < 4.78 is 33.5. The van der Waals surface area contributed by atoms with Gasteiger partial charge >= 0.3 is 0 Å². The summed E-state index contributed by atoms with van der Waals surface area (Å²) in [6.45, 7) is 27.5. The van der Waals surface area contributed by atoms with Crippen molar-refractivity contribution in [1.29, 1.82) is 0 Å². The molecule has 0 saturated heterocycles. The predicted molar refractivity (Wildman–Crippen MR) is 235 cm³/mol. The maximum atomic E-state index is 5.42. The SMILES string of the molecule is CC(C)OCCc1cccnc1.CC(C)OC[n+]1cnn[nH]1.CC(C)OCc1ccncc1.CC(C)OCc1cn[nH]n1.CC(C)OCc1cnc[nH]1.CC(C)OCc1nn[nH]n1. The van der Waals surface area contributed by atoms with Gasteiger partial charge in [0.1, 0.15) is 17.4 Å². The van der Waals surface area contributed by atoms with E-state index in [1.807, 2.05) is 107 Å². The fourth-order valence-electron chi connectivity index (χ4n) is 3.84. The van der Waals surface area contributed by atoms with Gasteiger partial charge in [0.15, 0.2) is 17.8 Å². The molecule has 0 aliphatic heterocycles. The fraction of sp³-hybridized carbons (Fsp3) is 0.595. The number of imidazole rings is 1. The van der Waals surface area contributed by atoms with Crippen molar-refractivity contribution in [3.63, 3.8) is 0 Å². The molecule has 6 heterocycles. The zero-order valence-corrected chi connectivity index (χ0v) is 39.2. The zero-order valence-electron chi connectivity index (χ0n) is 39.2. The molecule has 0 amide bonds. The van der Waals surface area contributed by atoms with Crippen molar-refractivity contribution in [2.75, 3.05) is 6.61 Å². The Balaban J connectivity index is 0.000000378. The van der Waals surface area contributed by atoms with E-state index >= 15 is 0 Å². The van der Waals surface area contributed by atoms with Crippen LogP contribution in [0.1, 0.15) is 111 Å². The molecule has 0 atom stereocenters. The molecule has 6 rings (SSSR count). The molecule has 0 saturated carbocycles. The van der Waals surface area contributed by atoms with Crippen LogP contribution in [-0.4, -0.2) is 115 Å². The second-order valence-electron chi connectivity index (χ2n) is 14.9. The third-order valence-electron chi connectivity index (χ3n) is 6.96. The van der Waals surface area contributed by atoms with E-state index in [0.717, 1.165) is 24.4 Å². The Morgan fingerprint density at radius 2 is 1.22 bits per heavy atom. The molecule has 6 aromatic heterocycles.